The van der Waals surface area contributed by atoms with Gasteiger partial charge in [-0.3, -0.25) is 0 Å². The average molecular weight is 231 g/mol. The monoisotopic (exact) mass is 231 g/mol. The molecule has 1 N–H and O–H groups in total. The molecule has 0 amide bonds. The second-order valence-electron chi connectivity index (χ2n) is 3.72. The molecule has 2 rings (SSSR count). The van der Waals surface area contributed by atoms with Crippen LogP contribution in [0.1, 0.15) is 22.6 Å². The van der Waals surface area contributed by atoms with Gasteiger partial charge in [-0.05, 0) is 0 Å². The zero-order valence-corrected chi connectivity index (χ0v) is 9.91. The summed E-state index contributed by atoms with van der Waals surface area (Å²) < 4.78 is 0. The van der Waals surface area contributed by atoms with Crippen LogP contribution in [0.15, 0.2) is 28.8 Å². The molecule has 0 fully saturated rings. The summed E-state index contributed by atoms with van der Waals surface area (Å²) in [5.41, 5.74) is 1.35. The van der Waals surface area contributed by atoms with E-state index in [2.05, 4.69) is 17.1 Å². The molecule has 0 unspecified atom stereocenters. The van der Waals surface area contributed by atoms with Crippen molar-refractivity contribution in [2.24, 2.45) is 4.99 Å². The van der Waals surface area contributed by atoms with E-state index >= 15 is 0 Å². The van der Waals surface area contributed by atoms with Crippen LogP contribution in [-0.2, 0) is 6.42 Å². The van der Waals surface area contributed by atoms with E-state index in [1.54, 1.807) is 17.3 Å². The van der Waals surface area contributed by atoms with Gasteiger partial charge in [0.25, 0.3) is 0 Å². The van der Waals surface area contributed by atoms with E-state index in [0.717, 1.165) is 37.8 Å². The first-order valence-corrected chi connectivity index (χ1v) is 6.28. The summed E-state index contributed by atoms with van der Waals surface area (Å²) in [6, 6.07) is 4.16. The first-order chi connectivity index (χ1) is 7.88. The molecule has 0 atom stereocenters. The Morgan fingerprint density at radius 2 is 2.38 bits per heavy atom. The first kappa shape index (κ1) is 11.3. The third-order valence-electron chi connectivity index (χ3n) is 2.50. The molecule has 4 heteroatoms. The molecular weight excluding hydrogens is 217 g/mol. The number of dihydropyridines is 1. The molecule has 16 heavy (non-hydrogen) atoms. The summed E-state index contributed by atoms with van der Waals surface area (Å²) in [5.74, 6) is 1.72. The minimum atomic E-state index is 0.938. The third kappa shape index (κ3) is 3.17. The summed E-state index contributed by atoms with van der Waals surface area (Å²) in [7, 11) is 1.09. The number of thiophene rings is 1. The Kier molecular flexibility index (Phi) is 4.11. The Balaban J connectivity index is 1.89. The van der Waals surface area contributed by atoms with Gasteiger partial charge < -0.3 is 0 Å². The van der Waals surface area contributed by atoms with E-state index in [0.29, 0.717) is 0 Å². The summed E-state index contributed by atoms with van der Waals surface area (Å²) in [6.45, 7) is 0.938. The molecule has 1 aliphatic heterocycles. The van der Waals surface area contributed by atoms with Crippen molar-refractivity contribution >= 4 is 30.6 Å². The number of nitrogens with zero attached hydrogens (tertiary/aromatic N) is 1. The maximum absolute atomic E-state index is 8.66. The topological polar surface area (TPSA) is 32.6 Å². The fourth-order valence-corrected chi connectivity index (χ4v) is 2.59. The van der Waals surface area contributed by atoms with E-state index in [1.807, 2.05) is 12.3 Å². The Morgan fingerprint density at radius 1 is 1.44 bits per heavy atom. The number of aliphatic imine (C=N–C) groups is 1. The van der Waals surface area contributed by atoms with Crippen molar-refractivity contribution in [2.45, 2.75) is 19.3 Å². The van der Waals surface area contributed by atoms with E-state index in [1.165, 1.54) is 10.5 Å². The van der Waals surface area contributed by atoms with Crippen LogP contribution in [0.2, 0.25) is 0 Å². The number of hydrogen-bond donors (Lipinski definition) is 1. The van der Waals surface area contributed by atoms with Gasteiger partial charge >= 0.3 is 100 Å². The van der Waals surface area contributed by atoms with Gasteiger partial charge in [0.15, 0.2) is 0 Å². The molecular formula is C12H14BNOS. The van der Waals surface area contributed by atoms with Crippen LogP contribution in [-0.4, -0.2) is 30.9 Å². The van der Waals surface area contributed by atoms with Gasteiger partial charge in [-0.15, -0.1) is 0 Å². The molecule has 0 spiro atoms. The fraction of sp³-hybridized carbons (Fsp3) is 0.333. The molecule has 0 aromatic carbocycles. The van der Waals surface area contributed by atoms with E-state index in [-0.39, 0.29) is 0 Å². The Bertz CT molecular complexity index is 434. The van der Waals surface area contributed by atoms with Gasteiger partial charge in [-0.1, -0.05) is 0 Å². The zero-order chi connectivity index (χ0) is 11.2. The van der Waals surface area contributed by atoms with Crippen LogP contribution < -0.4 is 0 Å². The van der Waals surface area contributed by atoms with Crippen molar-refractivity contribution in [3.63, 3.8) is 0 Å². The Morgan fingerprint density at radius 3 is 3.12 bits per heavy atom. The number of allylic oxidation sites excluding steroid dienone is 1. The predicted octanol–water partition coefficient (Wildman–Crippen LogP) is 1.84. The summed E-state index contributed by atoms with van der Waals surface area (Å²) >= 11 is 1.73. The first-order valence-electron chi connectivity index (χ1n) is 5.47. The van der Waals surface area contributed by atoms with E-state index in [9.17, 15) is 0 Å². The van der Waals surface area contributed by atoms with Crippen molar-refractivity contribution in [1.29, 1.82) is 0 Å². The van der Waals surface area contributed by atoms with Gasteiger partial charge in [0, 0.05) is 0 Å². The Hall–Kier alpha value is -1.16. The molecule has 1 aromatic rings. The molecule has 82 valence electrons. The molecule has 0 bridgehead atoms. The SMILES string of the molecule is OB=Cc1ccc(CCC2=CCCN=C2)s1. The standard InChI is InChI=1S/C12H14BNOS/c15-13-8-12-6-5-11(16-12)4-3-10-2-1-7-14-9-10/h2,5-6,8-9,15H,1,3-4,7H2. The third-order valence-corrected chi connectivity index (χ3v) is 3.61. The molecule has 1 aliphatic rings. The van der Waals surface area contributed by atoms with Gasteiger partial charge in [0.2, 0.25) is 0 Å². The molecule has 0 aliphatic carbocycles. The van der Waals surface area contributed by atoms with Crippen LogP contribution in [0.3, 0.4) is 0 Å². The zero-order valence-electron chi connectivity index (χ0n) is 9.10. The van der Waals surface area contributed by atoms with Crippen molar-refractivity contribution in [2.75, 3.05) is 6.54 Å². The average Bonchev–Trinajstić information content (AvgIpc) is 2.76. The van der Waals surface area contributed by atoms with Crippen LogP contribution in [0.4, 0.5) is 0 Å². The Labute approximate surface area is 100 Å². The molecule has 1 aromatic heterocycles. The van der Waals surface area contributed by atoms with Gasteiger partial charge in [-0.2, -0.15) is 0 Å². The van der Waals surface area contributed by atoms with Gasteiger partial charge in [-0.25, -0.2) is 0 Å². The van der Waals surface area contributed by atoms with Crippen LogP contribution in [0, 0.1) is 0 Å². The molecule has 2 heterocycles. The van der Waals surface area contributed by atoms with Crippen LogP contribution in [0.25, 0.3) is 0 Å². The minimum absolute atomic E-state index is 0.938. The van der Waals surface area contributed by atoms with Gasteiger partial charge in [0.05, 0.1) is 0 Å². The molecule has 0 saturated heterocycles. The van der Waals surface area contributed by atoms with E-state index < -0.39 is 0 Å². The number of rotatable bonds is 4. The number of hydrogen-bond acceptors (Lipinski definition) is 3. The molecule has 0 radical (unpaired) electrons. The van der Waals surface area contributed by atoms with Crippen molar-refractivity contribution in [3.05, 3.63) is 33.5 Å². The normalized spacial score (nSPS) is 15.1. The summed E-state index contributed by atoms with van der Waals surface area (Å²) in [6.07, 6.45) is 7.46. The quantitative estimate of drug-likeness (QED) is 0.788. The maximum atomic E-state index is 8.66. The van der Waals surface area contributed by atoms with Gasteiger partial charge in [0.1, 0.15) is 0 Å². The predicted molar refractivity (Wildman–Crippen MR) is 71.8 cm³/mol. The van der Waals surface area contributed by atoms with Crippen molar-refractivity contribution in [1.82, 2.24) is 0 Å². The van der Waals surface area contributed by atoms with E-state index in [4.69, 9.17) is 5.02 Å². The van der Waals surface area contributed by atoms with Crippen LogP contribution in [0.5, 0.6) is 0 Å². The van der Waals surface area contributed by atoms with Crippen molar-refractivity contribution in [3.8, 4) is 0 Å². The second-order valence-corrected chi connectivity index (χ2v) is 4.92. The number of aryl methyl sites for hydroxylation is 1. The second kappa shape index (κ2) is 5.80. The van der Waals surface area contributed by atoms with Crippen molar-refractivity contribution < 1.29 is 5.02 Å². The fourth-order valence-electron chi connectivity index (χ4n) is 1.69. The van der Waals surface area contributed by atoms with Crippen LogP contribution >= 0.6 is 11.3 Å². The molecule has 2 nitrogen and oxygen atoms in total. The molecule has 0 saturated carbocycles. The summed E-state index contributed by atoms with van der Waals surface area (Å²) in [5, 5.41) is 8.66. The summed E-state index contributed by atoms with van der Waals surface area (Å²) in [4.78, 5) is 6.73.